The van der Waals surface area contributed by atoms with Crippen molar-refractivity contribution in [1.29, 1.82) is 0 Å². The maximum absolute atomic E-state index is 14.3. The van der Waals surface area contributed by atoms with Gasteiger partial charge < -0.3 is 10.2 Å². The lowest BCUT2D eigenvalue weighted by Gasteiger charge is -2.32. The molecule has 0 bridgehead atoms. The number of halogens is 1. The van der Waals surface area contributed by atoms with Crippen LogP contribution < -0.4 is 5.32 Å². The lowest BCUT2D eigenvalue weighted by molar-refractivity contribution is -0.140. The summed E-state index contributed by atoms with van der Waals surface area (Å²) in [5.41, 5.74) is 2.19. The second-order valence-electron chi connectivity index (χ2n) is 8.62. The van der Waals surface area contributed by atoms with Crippen molar-refractivity contribution in [3.63, 3.8) is 0 Å². The van der Waals surface area contributed by atoms with Crippen LogP contribution in [0.15, 0.2) is 84.9 Å². The van der Waals surface area contributed by atoms with Gasteiger partial charge in [0, 0.05) is 19.5 Å². The summed E-state index contributed by atoms with van der Waals surface area (Å²) in [6, 6.07) is 24.8. The zero-order valence-electron chi connectivity index (χ0n) is 19.2. The molecule has 0 unspecified atom stereocenters. The summed E-state index contributed by atoms with van der Waals surface area (Å²) in [6.07, 6.45) is 0.267. The SMILES string of the molecule is CC(C)CNC(=O)[C@H](Cc1ccccc1)N(Cc1ccccc1)C(=O)Cc1ccccc1F. The van der Waals surface area contributed by atoms with Crippen molar-refractivity contribution < 1.29 is 14.0 Å². The molecular formula is C28H31FN2O2. The largest absolute Gasteiger partial charge is 0.354 e. The van der Waals surface area contributed by atoms with Crippen molar-refractivity contribution in [3.05, 3.63) is 107 Å². The third kappa shape index (κ3) is 7.28. The quantitative estimate of drug-likeness (QED) is 0.487. The Morgan fingerprint density at radius 3 is 2.03 bits per heavy atom. The zero-order chi connectivity index (χ0) is 23.6. The molecule has 2 amide bonds. The predicted molar refractivity (Wildman–Crippen MR) is 129 cm³/mol. The van der Waals surface area contributed by atoms with Crippen LogP contribution in [0.2, 0.25) is 0 Å². The third-order valence-corrected chi connectivity index (χ3v) is 5.45. The minimum absolute atomic E-state index is 0.109. The standard InChI is InChI=1S/C28H31FN2O2/c1-21(2)19-30-28(33)26(17-22-11-5-3-6-12-22)31(20-23-13-7-4-8-14-23)27(32)18-24-15-9-10-16-25(24)29/h3-16,21,26H,17-20H2,1-2H3,(H,30,33)/t26-/m0/s1. The highest BCUT2D eigenvalue weighted by molar-refractivity contribution is 5.88. The van der Waals surface area contributed by atoms with Gasteiger partial charge in [-0.15, -0.1) is 0 Å². The van der Waals surface area contributed by atoms with Crippen LogP contribution in [-0.4, -0.2) is 29.3 Å². The van der Waals surface area contributed by atoms with Crippen molar-refractivity contribution in [2.24, 2.45) is 5.92 Å². The van der Waals surface area contributed by atoms with E-state index in [4.69, 9.17) is 0 Å². The highest BCUT2D eigenvalue weighted by Gasteiger charge is 2.30. The molecule has 0 aromatic heterocycles. The van der Waals surface area contributed by atoms with Crippen molar-refractivity contribution in [3.8, 4) is 0 Å². The van der Waals surface area contributed by atoms with Crippen molar-refractivity contribution in [2.45, 2.75) is 39.3 Å². The minimum Gasteiger partial charge on any atom is -0.354 e. The normalized spacial score (nSPS) is 11.8. The summed E-state index contributed by atoms with van der Waals surface area (Å²) >= 11 is 0. The molecule has 0 saturated heterocycles. The molecule has 0 saturated carbocycles. The maximum atomic E-state index is 14.3. The summed E-state index contributed by atoms with van der Waals surface area (Å²) in [5.74, 6) is -0.632. The molecule has 3 aromatic rings. The Balaban J connectivity index is 1.94. The summed E-state index contributed by atoms with van der Waals surface area (Å²) in [6.45, 7) is 4.83. The number of hydrogen-bond donors (Lipinski definition) is 1. The molecule has 0 heterocycles. The molecule has 4 nitrogen and oxygen atoms in total. The smallest absolute Gasteiger partial charge is 0.243 e. The van der Waals surface area contributed by atoms with E-state index in [2.05, 4.69) is 5.32 Å². The van der Waals surface area contributed by atoms with Crippen LogP contribution in [-0.2, 0) is 29.0 Å². The van der Waals surface area contributed by atoms with Gasteiger partial charge in [0.15, 0.2) is 0 Å². The Bertz CT molecular complexity index is 1040. The van der Waals surface area contributed by atoms with Gasteiger partial charge in [-0.2, -0.15) is 0 Å². The highest BCUT2D eigenvalue weighted by atomic mass is 19.1. The fraction of sp³-hybridized carbons (Fsp3) is 0.286. The Labute approximate surface area is 195 Å². The van der Waals surface area contributed by atoms with Crippen molar-refractivity contribution in [2.75, 3.05) is 6.54 Å². The lowest BCUT2D eigenvalue weighted by atomic mass is 10.0. The molecule has 1 atom stereocenters. The number of carbonyl (C=O) groups excluding carboxylic acids is 2. The number of amides is 2. The molecule has 1 N–H and O–H groups in total. The molecule has 5 heteroatoms. The molecule has 0 aliphatic rings. The fourth-order valence-corrected chi connectivity index (χ4v) is 3.66. The first kappa shape index (κ1) is 24.2. The van der Waals surface area contributed by atoms with Crippen LogP contribution in [0.1, 0.15) is 30.5 Å². The number of carbonyl (C=O) groups is 2. The number of nitrogens with one attached hydrogen (secondary N) is 1. The molecule has 0 radical (unpaired) electrons. The van der Waals surface area contributed by atoms with E-state index < -0.39 is 11.9 Å². The molecule has 3 rings (SSSR count). The minimum atomic E-state index is -0.717. The molecule has 0 spiro atoms. The van der Waals surface area contributed by atoms with Gasteiger partial charge in [-0.1, -0.05) is 92.7 Å². The average molecular weight is 447 g/mol. The Morgan fingerprint density at radius 2 is 1.42 bits per heavy atom. The molecule has 172 valence electrons. The van der Waals surface area contributed by atoms with E-state index in [9.17, 15) is 14.0 Å². The van der Waals surface area contributed by atoms with E-state index >= 15 is 0 Å². The first-order valence-electron chi connectivity index (χ1n) is 11.3. The monoisotopic (exact) mass is 446 g/mol. The predicted octanol–water partition coefficient (Wildman–Crippen LogP) is 4.78. The molecule has 33 heavy (non-hydrogen) atoms. The molecule has 0 aliphatic carbocycles. The average Bonchev–Trinajstić information content (AvgIpc) is 2.82. The molecule has 0 fully saturated rings. The van der Waals surface area contributed by atoms with Gasteiger partial charge in [-0.25, -0.2) is 4.39 Å². The van der Waals surface area contributed by atoms with E-state index in [1.54, 1.807) is 23.1 Å². The fourth-order valence-electron chi connectivity index (χ4n) is 3.66. The van der Waals surface area contributed by atoms with E-state index in [1.807, 2.05) is 74.5 Å². The Morgan fingerprint density at radius 1 is 0.848 bits per heavy atom. The Hall–Kier alpha value is -3.47. The van der Waals surface area contributed by atoms with Gasteiger partial charge >= 0.3 is 0 Å². The second-order valence-corrected chi connectivity index (χ2v) is 8.62. The summed E-state index contributed by atoms with van der Waals surface area (Å²) in [5, 5.41) is 2.99. The Kier molecular flexibility index (Phi) is 8.76. The summed E-state index contributed by atoms with van der Waals surface area (Å²) < 4.78 is 14.3. The first-order chi connectivity index (χ1) is 15.9. The van der Waals surface area contributed by atoms with Gasteiger partial charge in [0.25, 0.3) is 0 Å². The molecule has 3 aromatic carbocycles. The van der Waals surface area contributed by atoms with E-state index in [0.29, 0.717) is 18.5 Å². The molecule has 0 aliphatic heterocycles. The van der Waals surface area contributed by atoms with E-state index in [1.165, 1.54) is 6.07 Å². The third-order valence-electron chi connectivity index (χ3n) is 5.45. The highest BCUT2D eigenvalue weighted by Crippen LogP contribution is 2.17. The molecular weight excluding hydrogens is 415 g/mol. The van der Waals surface area contributed by atoms with Gasteiger partial charge in [-0.05, 0) is 28.7 Å². The lowest BCUT2D eigenvalue weighted by Crippen LogP contribution is -2.51. The number of rotatable bonds is 10. The van der Waals surface area contributed by atoms with Gasteiger partial charge in [0.05, 0.1) is 6.42 Å². The number of benzene rings is 3. The summed E-state index contributed by atoms with van der Waals surface area (Å²) in [4.78, 5) is 28.4. The number of nitrogens with zero attached hydrogens (tertiary/aromatic N) is 1. The van der Waals surface area contributed by atoms with Gasteiger partial charge in [-0.3, -0.25) is 9.59 Å². The van der Waals surface area contributed by atoms with Crippen molar-refractivity contribution >= 4 is 11.8 Å². The van der Waals surface area contributed by atoms with Crippen LogP contribution in [0.5, 0.6) is 0 Å². The first-order valence-corrected chi connectivity index (χ1v) is 11.3. The zero-order valence-corrected chi connectivity index (χ0v) is 19.2. The van der Waals surface area contributed by atoms with Gasteiger partial charge in [0.1, 0.15) is 11.9 Å². The van der Waals surface area contributed by atoms with E-state index in [0.717, 1.165) is 11.1 Å². The van der Waals surface area contributed by atoms with Crippen molar-refractivity contribution in [1.82, 2.24) is 10.2 Å². The van der Waals surface area contributed by atoms with Gasteiger partial charge in [0.2, 0.25) is 11.8 Å². The van der Waals surface area contributed by atoms with Crippen LogP contribution in [0.3, 0.4) is 0 Å². The van der Waals surface area contributed by atoms with Crippen LogP contribution in [0.25, 0.3) is 0 Å². The topological polar surface area (TPSA) is 49.4 Å². The second kappa shape index (κ2) is 12.0. The van der Waals surface area contributed by atoms with Crippen LogP contribution >= 0.6 is 0 Å². The van der Waals surface area contributed by atoms with Crippen LogP contribution in [0.4, 0.5) is 4.39 Å². The maximum Gasteiger partial charge on any atom is 0.243 e. The van der Waals surface area contributed by atoms with Crippen LogP contribution in [0, 0.1) is 11.7 Å². The van der Waals surface area contributed by atoms with E-state index in [-0.39, 0.29) is 30.7 Å². The summed E-state index contributed by atoms with van der Waals surface area (Å²) in [7, 11) is 0. The number of hydrogen-bond acceptors (Lipinski definition) is 2.